The predicted molar refractivity (Wildman–Crippen MR) is 191 cm³/mol. The van der Waals surface area contributed by atoms with Crippen molar-refractivity contribution < 1.29 is 21.1 Å². The van der Waals surface area contributed by atoms with Crippen molar-refractivity contribution >= 4 is 34.6 Å². The smallest absolute Gasteiger partial charge is 0.198 e. The van der Waals surface area contributed by atoms with Crippen molar-refractivity contribution in [2.24, 2.45) is 12.1 Å². The standard InChI is InChI=1S/C40H35BN5.Pt/c1-28-22-29(2)39(30(3)23-28)41(34-19-12-18-33(24-34)37-26-38(45(5)42-37)31-14-8-6-9-15-31)35-20-13-21-36(25-35)46-27-44(4)40(43-46)32-16-10-7-11-17-32;/h6-23,26-27H,1-5H3;/q-3;. The summed E-state index contributed by atoms with van der Waals surface area (Å²) in [4.78, 5) is 2.05. The first kappa shape index (κ1) is 32.3. The number of rotatable bonds is 7. The zero-order valence-electron chi connectivity index (χ0n) is 27.2. The van der Waals surface area contributed by atoms with Gasteiger partial charge in [0.15, 0.2) is 6.71 Å². The second kappa shape index (κ2) is 13.6. The number of anilines is 1. The van der Waals surface area contributed by atoms with Crippen LogP contribution in [-0.2, 0) is 28.1 Å². The van der Waals surface area contributed by atoms with Crippen molar-refractivity contribution in [3.8, 4) is 22.5 Å². The van der Waals surface area contributed by atoms with Crippen molar-refractivity contribution in [1.29, 1.82) is 0 Å². The summed E-state index contributed by atoms with van der Waals surface area (Å²) in [6, 6.07) is 47.6. The molecule has 0 aliphatic carbocycles. The maximum Gasteiger partial charge on any atom is 0.198 e. The Morgan fingerprint density at radius 1 is 0.681 bits per heavy atom. The molecular weight excluding hydrogens is 756 g/mol. The van der Waals surface area contributed by atoms with Crippen LogP contribution >= 0.6 is 0 Å². The molecule has 0 unspecified atom stereocenters. The molecule has 5 aromatic carbocycles. The zero-order chi connectivity index (χ0) is 31.8. The van der Waals surface area contributed by atoms with E-state index in [4.69, 9.17) is 10.2 Å². The van der Waals surface area contributed by atoms with Gasteiger partial charge in [-0.2, -0.15) is 34.2 Å². The monoisotopic (exact) mass is 791 g/mol. The maximum absolute atomic E-state index is 4.96. The molecule has 0 N–H and O–H groups in total. The van der Waals surface area contributed by atoms with Crippen molar-refractivity contribution in [3.05, 3.63) is 156 Å². The molecule has 5 nitrogen and oxygen atoms in total. The van der Waals surface area contributed by atoms with Crippen LogP contribution in [0.25, 0.3) is 22.5 Å². The molecule has 236 valence electrons. The van der Waals surface area contributed by atoms with Gasteiger partial charge in [-0.05, 0) is 33.4 Å². The van der Waals surface area contributed by atoms with E-state index in [-0.39, 0.29) is 27.8 Å². The van der Waals surface area contributed by atoms with E-state index in [1.165, 1.54) is 22.2 Å². The Morgan fingerprint density at radius 3 is 1.98 bits per heavy atom. The fraction of sp³-hybridized carbons (Fsp3) is 0.125. The summed E-state index contributed by atoms with van der Waals surface area (Å²) in [6.45, 7) is 8.50. The van der Waals surface area contributed by atoms with Crippen LogP contribution in [0, 0.1) is 39.6 Å². The van der Waals surface area contributed by atoms with E-state index in [0.29, 0.717) is 0 Å². The Kier molecular flexibility index (Phi) is 9.34. The van der Waals surface area contributed by atoms with Crippen molar-refractivity contribution in [2.45, 2.75) is 20.8 Å². The molecule has 0 radical (unpaired) electrons. The molecule has 0 amide bonds. The van der Waals surface area contributed by atoms with Crippen LogP contribution in [0.2, 0.25) is 0 Å². The minimum absolute atomic E-state index is 0. The van der Waals surface area contributed by atoms with E-state index >= 15 is 0 Å². The number of aromatic nitrogens is 2. The minimum atomic E-state index is -0.0873. The van der Waals surface area contributed by atoms with E-state index in [1.54, 1.807) is 0 Å². The van der Waals surface area contributed by atoms with E-state index < -0.39 is 0 Å². The SMILES string of the molecule is Cc1cc(C)c(B(c2[c-]c(-c3cc(-c4ccccc4)n(C)n3)ccc2)c2[c-]c(N3[CH-]N(C)C(c4ccccc4)=N3)ccc2)c(C)c1.[Pt]. The first-order valence-electron chi connectivity index (χ1n) is 15.6. The molecular formula is C40H35BN5Pt-3. The first-order valence-corrected chi connectivity index (χ1v) is 15.6. The van der Waals surface area contributed by atoms with Gasteiger partial charge in [-0.1, -0.05) is 107 Å². The Balaban J connectivity index is 0.00000386. The molecule has 47 heavy (non-hydrogen) atoms. The summed E-state index contributed by atoms with van der Waals surface area (Å²) in [5, 5.41) is 11.8. The summed E-state index contributed by atoms with van der Waals surface area (Å²) in [5.74, 6) is 0.896. The summed E-state index contributed by atoms with van der Waals surface area (Å²) in [5.41, 5.74) is 13.2. The van der Waals surface area contributed by atoms with E-state index in [9.17, 15) is 0 Å². The van der Waals surface area contributed by atoms with Gasteiger partial charge in [-0.3, -0.25) is 4.68 Å². The van der Waals surface area contributed by atoms with Crippen LogP contribution in [0.15, 0.2) is 120 Å². The van der Waals surface area contributed by atoms with Gasteiger partial charge in [0.1, 0.15) is 5.84 Å². The number of nitrogens with zero attached hydrogens (tertiary/aromatic N) is 5. The summed E-state index contributed by atoms with van der Waals surface area (Å²) in [7, 11) is 4.02. The molecule has 1 aliphatic rings. The van der Waals surface area contributed by atoms with Crippen molar-refractivity contribution in [2.75, 3.05) is 12.1 Å². The maximum atomic E-state index is 4.96. The molecule has 0 bridgehead atoms. The Labute approximate surface area is 292 Å². The van der Waals surface area contributed by atoms with E-state index in [0.717, 1.165) is 50.5 Å². The second-order valence-corrected chi connectivity index (χ2v) is 12.0. The van der Waals surface area contributed by atoms with Gasteiger partial charge in [-0.15, -0.1) is 42.6 Å². The quantitative estimate of drug-likeness (QED) is 0.147. The Bertz CT molecular complexity index is 2030. The molecule has 0 saturated carbocycles. The van der Waals surface area contributed by atoms with Crippen LogP contribution in [-0.4, -0.2) is 34.3 Å². The number of hydrogen-bond donors (Lipinski definition) is 0. The second-order valence-electron chi connectivity index (χ2n) is 12.0. The molecule has 6 aromatic rings. The van der Waals surface area contributed by atoms with Crippen molar-refractivity contribution in [3.63, 3.8) is 0 Å². The van der Waals surface area contributed by atoms with Crippen LogP contribution < -0.4 is 21.4 Å². The predicted octanol–water partition coefficient (Wildman–Crippen LogP) is 6.03. The number of amidine groups is 1. The topological polar surface area (TPSA) is 36.7 Å². The van der Waals surface area contributed by atoms with Gasteiger partial charge in [-0.25, -0.2) is 5.10 Å². The third-order valence-corrected chi connectivity index (χ3v) is 8.59. The van der Waals surface area contributed by atoms with Gasteiger partial charge >= 0.3 is 0 Å². The molecule has 0 spiro atoms. The normalized spacial score (nSPS) is 12.6. The number of hydrazone groups is 1. The largest absolute Gasteiger partial charge is 0.487 e. The van der Waals surface area contributed by atoms with Crippen LogP contribution in [0.4, 0.5) is 5.69 Å². The number of aryl methyl sites for hydroxylation is 4. The van der Waals surface area contributed by atoms with E-state index in [2.05, 4.69) is 129 Å². The molecule has 2 heterocycles. The Hall–Kier alpha value is -4.67. The van der Waals surface area contributed by atoms with Gasteiger partial charge in [0.25, 0.3) is 0 Å². The van der Waals surface area contributed by atoms with Crippen molar-refractivity contribution in [1.82, 2.24) is 14.7 Å². The third kappa shape index (κ3) is 6.48. The Morgan fingerprint density at radius 2 is 1.30 bits per heavy atom. The molecule has 1 aromatic heterocycles. The molecule has 7 rings (SSSR count). The average molecular weight is 792 g/mol. The van der Waals surface area contributed by atoms with Gasteiger partial charge in [0, 0.05) is 39.4 Å². The fourth-order valence-corrected chi connectivity index (χ4v) is 6.57. The number of benzene rings is 5. The van der Waals surface area contributed by atoms with Gasteiger partial charge < -0.3 is 9.91 Å². The molecule has 0 fully saturated rings. The summed E-state index contributed by atoms with van der Waals surface area (Å²) >= 11 is 0. The zero-order valence-corrected chi connectivity index (χ0v) is 29.4. The van der Waals surface area contributed by atoms with Crippen LogP contribution in [0.5, 0.6) is 0 Å². The first-order chi connectivity index (χ1) is 22.4. The average Bonchev–Trinajstić information content (AvgIpc) is 3.66. The van der Waals surface area contributed by atoms with Crippen LogP contribution in [0.3, 0.4) is 0 Å². The molecule has 0 saturated heterocycles. The third-order valence-electron chi connectivity index (χ3n) is 8.59. The minimum Gasteiger partial charge on any atom is -0.487 e. The van der Waals surface area contributed by atoms with Crippen LogP contribution in [0.1, 0.15) is 22.3 Å². The van der Waals surface area contributed by atoms with E-state index in [1.807, 2.05) is 54.7 Å². The number of hydrogen-bond acceptors (Lipinski definition) is 4. The van der Waals surface area contributed by atoms with Gasteiger partial charge in [0.2, 0.25) is 0 Å². The molecule has 1 aliphatic heterocycles. The fourth-order valence-electron chi connectivity index (χ4n) is 6.57. The molecule has 7 heteroatoms. The summed E-state index contributed by atoms with van der Waals surface area (Å²) in [6.07, 6.45) is 0. The summed E-state index contributed by atoms with van der Waals surface area (Å²) < 4.78 is 1.95. The molecule has 0 atom stereocenters. The van der Waals surface area contributed by atoms with Gasteiger partial charge in [0.05, 0.1) is 5.69 Å².